The van der Waals surface area contributed by atoms with Crippen molar-refractivity contribution >= 4 is 39.1 Å². The largest absolute Gasteiger partial charge is 0.350 e. The number of rotatable bonds is 6. The van der Waals surface area contributed by atoms with E-state index in [0.29, 0.717) is 26.7 Å². The highest BCUT2D eigenvalue weighted by Gasteiger charge is 2.18. The van der Waals surface area contributed by atoms with Crippen molar-refractivity contribution in [2.45, 2.75) is 38.3 Å². The third kappa shape index (κ3) is 5.20. The maximum Gasteiger partial charge on any atom is 0.251 e. The molecule has 0 aromatic heterocycles. The van der Waals surface area contributed by atoms with Gasteiger partial charge in [0.25, 0.3) is 5.91 Å². The van der Waals surface area contributed by atoms with Gasteiger partial charge in [0, 0.05) is 28.2 Å². The molecule has 1 amide bonds. The number of amides is 1. The molecule has 140 valence electrons. The van der Waals surface area contributed by atoms with E-state index in [0.717, 1.165) is 0 Å². The molecule has 0 atom stereocenters. The molecule has 2 aromatic carbocycles. The number of carbonyl (C=O) groups excluding carboxylic acids is 1. The van der Waals surface area contributed by atoms with Crippen LogP contribution in [0.25, 0.3) is 0 Å². The fourth-order valence-electron chi connectivity index (χ4n) is 2.27. The summed E-state index contributed by atoms with van der Waals surface area (Å²) in [6.45, 7) is 5.45. The van der Waals surface area contributed by atoms with Gasteiger partial charge in [-0.2, -0.15) is 0 Å². The first kappa shape index (κ1) is 20.7. The van der Waals surface area contributed by atoms with E-state index >= 15 is 0 Å². The standard InChI is InChI=1S/C18H20Cl2N2O3S/c1-11(2)22-18(23)16-9-15(7-4-12(16)3)26(24,25)21-10-13-5-6-14(19)8-17(13)20/h4-9,11,21H,10H2,1-3H3,(H,22,23). The molecule has 0 saturated heterocycles. The number of hydrogen-bond donors (Lipinski definition) is 2. The molecular weight excluding hydrogens is 395 g/mol. The highest BCUT2D eigenvalue weighted by atomic mass is 35.5. The summed E-state index contributed by atoms with van der Waals surface area (Å²) in [7, 11) is -3.81. The maximum atomic E-state index is 12.6. The molecule has 0 radical (unpaired) electrons. The van der Waals surface area contributed by atoms with Crippen LogP contribution < -0.4 is 10.0 Å². The Kier molecular flexibility index (Phi) is 6.69. The molecule has 2 N–H and O–H groups in total. The van der Waals surface area contributed by atoms with Crippen LogP contribution in [-0.2, 0) is 16.6 Å². The molecule has 0 aliphatic rings. The van der Waals surface area contributed by atoms with E-state index in [1.165, 1.54) is 12.1 Å². The summed E-state index contributed by atoms with van der Waals surface area (Å²) in [5.41, 5.74) is 1.62. The molecule has 2 rings (SSSR count). The van der Waals surface area contributed by atoms with Crippen molar-refractivity contribution in [3.8, 4) is 0 Å². The van der Waals surface area contributed by atoms with Gasteiger partial charge in [0.1, 0.15) is 0 Å². The molecular formula is C18H20Cl2N2O3S. The Bertz CT molecular complexity index is 928. The van der Waals surface area contributed by atoms with E-state index in [1.807, 2.05) is 13.8 Å². The van der Waals surface area contributed by atoms with Gasteiger partial charge in [0.2, 0.25) is 10.0 Å². The predicted molar refractivity (Wildman–Crippen MR) is 104 cm³/mol. The lowest BCUT2D eigenvalue weighted by atomic mass is 10.1. The second-order valence-corrected chi connectivity index (χ2v) is 8.78. The van der Waals surface area contributed by atoms with Gasteiger partial charge in [-0.25, -0.2) is 13.1 Å². The Balaban J connectivity index is 2.24. The van der Waals surface area contributed by atoms with E-state index in [1.54, 1.807) is 31.2 Å². The van der Waals surface area contributed by atoms with Crippen molar-refractivity contribution in [1.82, 2.24) is 10.0 Å². The summed E-state index contributed by atoms with van der Waals surface area (Å²) in [5, 5.41) is 3.61. The zero-order valence-electron chi connectivity index (χ0n) is 14.6. The van der Waals surface area contributed by atoms with Crippen LogP contribution in [0.15, 0.2) is 41.3 Å². The minimum absolute atomic E-state index is 0.0136. The SMILES string of the molecule is Cc1ccc(S(=O)(=O)NCc2ccc(Cl)cc2Cl)cc1C(=O)NC(C)C. The Morgan fingerprint density at radius 2 is 1.81 bits per heavy atom. The molecule has 0 spiro atoms. The molecule has 0 aliphatic heterocycles. The van der Waals surface area contributed by atoms with Crippen molar-refractivity contribution in [3.63, 3.8) is 0 Å². The van der Waals surface area contributed by atoms with Crippen LogP contribution in [0.2, 0.25) is 10.0 Å². The summed E-state index contributed by atoms with van der Waals surface area (Å²) < 4.78 is 27.7. The Labute approximate surface area is 163 Å². The van der Waals surface area contributed by atoms with Gasteiger partial charge in [-0.3, -0.25) is 4.79 Å². The summed E-state index contributed by atoms with van der Waals surface area (Å²) >= 11 is 11.9. The highest BCUT2D eigenvalue weighted by molar-refractivity contribution is 7.89. The Morgan fingerprint density at radius 3 is 2.42 bits per heavy atom. The van der Waals surface area contributed by atoms with Crippen LogP contribution in [0.3, 0.4) is 0 Å². The first-order valence-electron chi connectivity index (χ1n) is 7.95. The third-order valence-corrected chi connectivity index (χ3v) is 5.64. The third-order valence-electron chi connectivity index (χ3n) is 3.65. The molecule has 0 saturated carbocycles. The number of nitrogens with one attached hydrogen (secondary N) is 2. The summed E-state index contributed by atoms with van der Waals surface area (Å²) in [6, 6.07) is 9.24. The Morgan fingerprint density at radius 1 is 1.12 bits per heavy atom. The first-order valence-corrected chi connectivity index (χ1v) is 10.2. The topological polar surface area (TPSA) is 75.3 Å². The molecule has 0 heterocycles. The van der Waals surface area contributed by atoms with E-state index in [9.17, 15) is 13.2 Å². The van der Waals surface area contributed by atoms with Crippen molar-refractivity contribution < 1.29 is 13.2 Å². The van der Waals surface area contributed by atoms with Crippen LogP contribution in [0, 0.1) is 6.92 Å². The first-order chi connectivity index (χ1) is 12.1. The number of hydrogen-bond acceptors (Lipinski definition) is 3. The predicted octanol–water partition coefficient (Wildman–Crippen LogP) is 3.92. The maximum absolute atomic E-state index is 12.6. The van der Waals surface area contributed by atoms with Gasteiger partial charge in [-0.15, -0.1) is 0 Å². The molecule has 0 bridgehead atoms. The molecule has 2 aromatic rings. The van der Waals surface area contributed by atoms with Crippen LogP contribution in [0.4, 0.5) is 0 Å². The van der Waals surface area contributed by atoms with Crippen molar-refractivity contribution in [1.29, 1.82) is 0 Å². The van der Waals surface area contributed by atoms with Gasteiger partial charge < -0.3 is 5.32 Å². The van der Waals surface area contributed by atoms with E-state index in [2.05, 4.69) is 10.0 Å². The van der Waals surface area contributed by atoms with Gasteiger partial charge in [-0.1, -0.05) is 35.3 Å². The monoisotopic (exact) mass is 414 g/mol. The average molecular weight is 415 g/mol. The Hall–Kier alpha value is -1.60. The van der Waals surface area contributed by atoms with Crippen LogP contribution >= 0.6 is 23.2 Å². The number of carbonyl (C=O) groups is 1. The number of sulfonamides is 1. The van der Waals surface area contributed by atoms with Crippen LogP contribution in [0.1, 0.15) is 35.3 Å². The van der Waals surface area contributed by atoms with Crippen LogP contribution in [-0.4, -0.2) is 20.4 Å². The minimum Gasteiger partial charge on any atom is -0.350 e. The minimum atomic E-state index is -3.81. The quantitative estimate of drug-likeness (QED) is 0.751. The van der Waals surface area contributed by atoms with Crippen LogP contribution in [0.5, 0.6) is 0 Å². The molecule has 0 fully saturated rings. The lowest BCUT2D eigenvalue weighted by Crippen LogP contribution is -2.31. The van der Waals surface area contributed by atoms with Gasteiger partial charge in [-0.05, 0) is 56.2 Å². The van der Waals surface area contributed by atoms with Crippen molar-refractivity contribution in [2.24, 2.45) is 0 Å². The van der Waals surface area contributed by atoms with Gasteiger partial charge in [0.15, 0.2) is 0 Å². The molecule has 5 nitrogen and oxygen atoms in total. The van der Waals surface area contributed by atoms with E-state index < -0.39 is 10.0 Å². The average Bonchev–Trinajstić information content (AvgIpc) is 2.53. The highest BCUT2D eigenvalue weighted by Crippen LogP contribution is 2.22. The number of benzene rings is 2. The van der Waals surface area contributed by atoms with Gasteiger partial charge >= 0.3 is 0 Å². The second kappa shape index (κ2) is 8.39. The molecule has 0 aliphatic carbocycles. The zero-order valence-corrected chi connectivity index (χ0v) is 17.0. The molecule has 0 unspecified atom stereocenters. The van der Waals surface area contributed by atoms with E-state index in [-0.39, 0.29) is 23.4 Å². The number of aryl methyl sites for hydroxylation is 1. The summed E-state index contributed by atoms with van der Waals surface area (Å²) in [4.78, 5) is 12.3. The van der Waals surface area contributed by atoms with Crippen molar-refractivity contribution in [3.05, 3.63) is 63.1 Å². The fraction of sp³-hybridized carbons (Fsp3) is 0.278. The summed E-state index contributed by atoms with van der Waals surface area (Å²) in [5.74, 6) is -0.310. The number of halogens is 2. The smallest absolute Gasteiger partial charge is 0.251 e. The molecule has 26 heavy (non-hydrogen) atoms. The van der Waals surface area contributed by atoms with Gasteiger partial charge in [0.05, 0.1) is 4.90 Å². The lowest BCUT2D eigenvalue weighted by Gasteiger charge is -2.13. The van der Waals surface area contributed by atoms with Crippen molar-refractivity contribution in [2.75, 3.05) is 0 Å². The molecule has 8 heteroatoms. The fourth-order valence-corrected chi connectivity index (χ4v) is 3.78. The summed E-state index contributed by atoms with van der Waals surface area (Å²) in [6.07, 6.45) is 0. The lowest BCUT2D eigenvalue weighted by molar-refractivity contribution is 0.0942. The normalized spacial score (nSPS) is 11.6. The van der Waals surface area contributed by atoms with E-state index in [4.69, 9.17) is 23.2 Å². The zero-order chi connectivity index (χ0) is 19.5. The second-order valence-electron chi connectivity index (χ2n) is 6.17.